The smallest absolute Gasteiger partial charge is 0.151 e. The van der Waals surface area contributed by atoms with Gasteiger partial charge in [-0.15, -0.1) is 5.10 Å². The molecule has 0 saturated carbocycles. The molecular formula is C15H20N6. The number of aromatic nitrogens is 2. The number of nitrogens with one attached hydrogen (secondary N) is 1. The third-order valence-electron chi connectivity index (χ3n) is 3.74. The highest BCUT2D eigenvalue weighted by atomic mass is 15.3. The molecule has 0 spiro atoms. The molecule has 1 N–H and O–H groups in total. The van der Waals surface area contributed by atoms with Crippen LogP contribution in [0.1, 0.15) is 25.7 Å². The Morgan fingerprint density at radius 2 is 2.38 bits per heavy atom. The number of rotatable bonds is 6. The van der Waals surface area contributed by atoms with Crippen LogP contribution in [-0.4, -0.2) is 35.9 Å². The third kappa shape index (κ3) is 4.70. The average Bonchev–Trinajstić information content (AvgIpc) is 2.56. The topological polar surface area (TPSA) is 88.6 Å². The monoisotopic (exact) mass is 284 g/mol. The Labute approximate surface area is 125 Å². The summed E-state index contributed by atoms with van der Waals surface area (Å²) in [5, 5.41) is 29.2. The molecule has 110 valence electrons. The van der Waals surface area contributed by atoms with Crippen molar-refractivity contribution < 1.29 is 0 Å². The van der Waals surface area contributed by atoms with E-state index >= 15 is 0 Å². The molecule has 0 aliphatic carbocycles. The standard InChI is InChI=1S/C15H20N6/c16-7-1-4-13(10-17)11-18-14-5-3-9-21(12-14)15-6-2-8-19-20-15/h2,6,8,13-14,18H,1,3-5,9,11-12H2/t13-,14+/m1/s1. The Bertz CT molecular complexity index is 503. The summed E-state index contributed by atoms with van der Waals surface area (Å²) in [5.74, 6) is 0.821. The number of hydrogen-bond donors (Lipinski definition) is 1. The molecule has 2 heterocycles. The van der Waals surface area contributed by atoms with Crippen LogP contribution in [0.5, 0.6) is 0 Å². The molecule has 2 rings (SSSR count). The maximum atomic E-state index is 9.08. The Morgan fingerprint density at radius 1 is 1.48 bits per heavy atom. The zero-order valence-electron chi connectivity index (χ0n) is 12.1. The van der Waals surface area contributed by atoms with E-state index in [1.165, 1.54) is 0 Å². The summed E-state index contributed by atoms with van der Waals surface area (Å²) in [6, 6.07) is 8.59. The van der Waals surface area contributed by atoms with Gasteiger partial charge in [-0.25, -0.2) is 0 Å². The molecule has 1 aromatic heterocycles. The van der Waals surface area contributed by atoms with Crippen LogP contribution < -0.4 is 10.2 Å². The second-order valence-corrected chi connectivity index (χ2v) is 5.30. The molecule has 6 heteroatoms. The van der Waals surface area contributed by atoms with E-state index in [-0.39, 0.29) is 5.92 Å². The molecule has 1 aliphatic rings. The predicted octanol–water partition coefficient (Wildman–Crippen LogP) is 1.48. The Hall–Kier alpha value is -2.18. The second kappa shape index (κ2) is 8.18. The molecule has 1 fully saturated rings. The first-order chi connectivity index (χ1) is 10.3. The first-order valence-corrected chi connectivity index (χ1v) is 7.36. The van der Waals surface area contributed by atoms with Gasteiger partial charge < -0.3 is 10.2 Å². The van der Waals surface area contributed by atoms with Crippen LogP contribution in [0, 0.1) is 28.6 Å². The molecule has 0 unspecified atom stereocenters. The molecule has 0 amide bonds. The van der Waals surface area contributed by atoms with Crippen LogP contribution in [0.4, 0.5) is 5.82 Å². The zero-order valence-corrected chi connectivity index (χ0v) is 12.1. The van der Waals surface area contributed by atoms with Crippen molar-refractivity contribution in [3.63, 3.8) is 0 Å². The van der Waals surface area contributed by atoms with Gasteiger partial charge in [-0.3, -0.25) is 0 Å². The quantitative estimate of drug-likeness (QED) is 0.851. The largest absolute Gasteiger partial charge is 0.354 e. The lowest BCUT2D eigenvalue weighted by Crippen LogP contribution is -2.47. The minimum atomic E-state index is -0.0865. The van der Waals surface area contributed by atoms with Crippen molar-refractivity contribution >= 4 is 5.82 Å². The SMILES string of the molecule is N#CCC[C@H](C#N)CN[C@H]1CCCN(c2cccnn2)C1. The van der Waals surface area contributed by atoms with Gasteiger partial charge in [-0.2, -0.15) is 15.6 Å². The number of piperidine rings is 1. The van der Waals surface area contributed by atoms with Crippen molar-refractivity contribution in [1.29, 1.82) is 10.5 Å². The third-order valence-corrected chi connectivity index (χ3v) is 3.74. The van der Waals surface area contributed by atoms with Crippen molar-refractivity contribution in [2.75, 3.05) is 24.5 Å². The summed E-state index contributed by atoms with van der Waals surface area (Å²) < 4.78 is 0. The molecule has 0 radical (unpaired) electrons. The van der Waals surface area contributed by atoms with Gasteiger partial charge in [-0.05, 0) is 31.4 Å². The molecule has 6 nitrogen and oxygen atoms in total. The van der Waals surface area contributed by atoms with Gasteiger partial charge in [0.05, 0.1) is 18.1 Å². The fourth-order valence-electron chi connectivity index (χ4n) is 2.57. The maximum Gasteiger partial charge on any atom is 0.151 e. The molecule has 21 heavy (non-hydrogen) atoms. The van der Waals surface area contributed by atoms with Gasteiger partial charge in [0.1, 0.15) is 0 Å². The fraction of sp³-hybridized carbons (Fsp3) is 0.600. The van der Waals surface area contributed by atoms with Crippen LogP contribution in [-0.2, 0) is 0 Å². The first-order valence-electron chi connectivity index (χ1n) is 7.36. The minimum absolute atomic E-state index is 0.0865. The van der Waals surface area contributed by atoms with Crippen molar-refractivity contribution in [1.82, 2.24) is 15.5 Å². The highest BCUT2D eigenvalue weighted by Gasteiger charge is 2.21. The van der Waals surface area contributed by atoms with E-state index in [0.717, 1.165) is 31.7 Å². The van der Waals surface area contributed by atoms with Gasteiger partial charge in [0.15, 0.2) is 5.82 Å². The summed E-state index contributed by atoms with van der Waals surface area (Å²) in [5.41, 5.74) is 0. The van der Waals surface area contributed by atoms with Crippen LogP contribution in [0.25, 0.3) is 0 Å². The van der Waals surface area contributed by atoms with Gasteiger partial charge in [-0.1, -0.05) is 0 Å². The van der Waals surface area contributed by atoms with E-state index in [2.05, 4.69) is 32.6 Å². The van der Waals surface area contributed by atoms with E-state index < -0.39 is 0 Å². The molecular weight excluding hydrogens is 264 g/mol. The number of anilines is 1. The lowest BCUT2D eigenvalue weighted by atomic mass is 10.0. The summed E-state index contributed by atoms with van der Waals surface area (Å²) in [6.07, 6.45) is 4.96. The van der Waals surface area contributed by atoms with Crippen LogP contribution in [0.15, 0.2) is 18.3 Å². The molecule has 1 aliphatic heterocycles. The highest BCUT2D eigenvalue weighted by Crippen LogP contribution is 2.17. The van der Waals surface area contributed by atoms with E-state index in [9.17, 15) is 0 Å². The van der Waals surface area contributed by atoms with Crippen LogP contribution in [0.2, 0.25) is 0 Å². The maximum absolute atomic E-state index is 9.08. The van der Waals surface area contributed by atoms with E-state index in [4.69, 9.17) is 10.5 Å². The second-order valence-electron chi connectivity index (χ2n) is 5.30. The molecule has 0 bridgehead atoms. The van der Waals surface area contributed by atoms with Gasteiger partial charge in [0, 0.05) is 38.3 Å². The first kappa shape index (κ1) is 15.2. The predicted molar refractivity (Wildman–Crippen MR) is 79.2 cm³/mol. The average molecular weight is 284 g/mol. The van der Waals surface area contributed by atoms with Crippen molar-refractivity contribution in [3.8, 4) is 12.1 Å². The summed E-state index contributed by atoms with van der Waals surface area (Å²) in [6.45, 7) is 2.53. The van der Waals surface area contributed by atoms with E-state index in [1.54, 1.807) is 6.20 Å². The minimum Gasteiger partial charge on any atom is -0.354 e. The van der Waals surface area contributed by atoms with Gasteiger partial charge >= 0.3 is 0 Å². The number of hydrogen-bond acceptors (Lipinski definition) is 6. The number of nitrogens with zero attached hydrogens (tertiary/aromatic N) is 5. The Balaban J connectivity index is 1.82. The molecule has 0 aromatic carbocycles. The molecule has 2 atom stereocenters. The van der Waals surface area contributed by atoms with Crippen LogP contribution >= 0.6 is 0 Å². The summed E-state index contributed by atoms with van der Waals surface area (Å²) >= 11 is 0. The van der Waals surface area contributed by atoms with Gasteiger partial charge in [0.25, 0.3) is 0 Å². The summed E-state index contributed by atoms with van der Waals surface area (Å²) in [7, 11) is 0. The number of nitriles is 2. The van der Waals surface area contributed by atoms with Crippen molar-refractivity contribution in [2.24, 2.45) is 5.92 Å². The Morgan fingerprint density at radius 3 is 3.10 bits per heavy atom. The van der Waals surface area contributed by atoms with Crippen LogP contribution in [0.3, 0.4) is 0 Å². The Kier molecular flexibility index (Phi) is 5.93. The molecule has 1 saturated heterocycles. The summed E-state index contributed by atoms with van der Waals surface area (Å²) in [4.78, 5) is 2.23. The van der Waals surface area contributed by atoms with Crippen molar-refractivity contribution in [2.45, 2.75) is 31.7 Å². The highest BCUT2D eigenvalue weighted by molar-refractivity contribution is 5.37. The van der Waals surface area contributed by atoms with E-state index in [0.29, 0.717) is 25.4 Å². The van der Waals surface area contributed by atoms with E-state index in [1.807, 2.05) is 12.1 Å². The lowest BCUT2D eigenvalue weighted by molar-refractivity contribution is 0.398. The molecule has 1 aromatic rings. The lowest BCUT2D eigenvalue weighted by Gasteiger charge is -2.34. The van der Waals surface area contributed by atoms with Crippen molar-refractivity contribution in [3.05, 3.63) is 18.3 Å². The normalized spacial score (nSPS) is 19.5. The fourth-order valence-corrected chi connectivity index (χ4v) is 2.57. The zero-order chi connectivity index (χ0) is 14.9. The van der Waals surface area contributed by atoms with Gasteiger partial charge in [0.2, 0.25) is 0 Å².